The van der Waals surface area contributed by atoms with Crippen LogP contribution in [-0.2, 0) is 4.74 Å². The third-order valence-corrected chi connectivity index (χ3v) is 5.94. The van der Waals surface area contributed by atoms with Gasteiger partial charge in [-0.25, -0.2) is 9.59 Å². The molecule has 3 amide bonds. The number of urea groups is 1. The largest absolute Gasteiger partial charge is 0.465 e. The third kappa shape index (κ3) is 4.61. The maximum atomic E-state index is 13.6. The number of carboxylic acid groups (broad SMARTS) is 1. The van der Waals surface area contributed by atoms with Crippen LogP contribution in [0.2, 0.25) is 10.0 Å². The van der Waals surface area contributed by atoms with Crippen molar-refractivity contribution in [2.45, 2.75) is 18.7 Å². The van der Waals surface area contributed by atoms with E-state index in [0.717, 1.165) is 4.90 Å². The number of carbonyl (C=O) groups is 2. The summed E-state index contributed by atoms with van der Waals surface area (Å²) in [5.74, 6) is 0. The first-order valence-corrected chi connectivity index (χ1v) is 10.9. The summed E-state index contributed by atoms with van der Waals surface area (Å²) in [6.07, 6.45) is -1.88. The van der Waals surface area contributed by atoms with Gasteiger partial charge < -0.3 is 15.2 Å². The first-order valence-electron chi connectivity index (χ1n) is 10.1. The molecule has 1 aliphatic rings. The molecule has 0 spiro atoms. The maximum Gasteiger partial charge on any atom is 0.413 e. The number of nitrogens with zero attached hydrogens (tertiary/aromatic N) is 2. The first kappa shape index (κ1) is 22.9. The van der Waals surface area contributed by atoms with Crippen LogP contribution in [0.15, 0.2) is 72.8 Å². The molecule has 170 valence electrons. The predicted molar refractivity (Wildman–Crippen MR) is 129 cm³/mol. The molecule has 0 radical (unpaired) electrons. The second-order valence-electron chi connectivity index (χ2n) is 7.41. The summed E-state index contributed by atoms with van der Waals surface area (Å²) in [7, 11) is 1.41. The van der Waals surface area contributed by atoms with Crippen LogP contribution in [-0.4, -0.2) is 30.6 Å². The average Bonchev–Trinajstić information content (AvgIpc) is 2.79. The van der Waals surface area contributed by atoms with Gasteiger partial charge in [0.1, 0.15) is 6.23 Å². The Morgan fingerprint density at radius 2 is 1.61 bits per heavy atom. The molecule has 1 heterocycles. The SMILES string of the molecule is CO[C@H]1C[C@H](NC(=O)N(c2ccccc2)c2ccccc2)c2c(Cl)cc(Cl)cc2N1C(=O)O. The number of methoxy groups -OCH3 is 1. The van der Waals surface area contributed by atoms with Crippen molar-refractivity contribution in [1.29, 1.82) is 0 Å². The molecular formula is C24H21Cl2N3O4. The van der Waals surface area contributed by atoms with E-state index in [1.165, 1.54) is 19.2 Å². The van der Waals surface area contributed by atoms with Gasteiger partial charge in [0, 0.05) is 29.1 Å². The number of amides is 3. The molecule has 9 heteroatoms. The molecule has 2 atom stereocenters. The zero-order chi connectivity index (χ0) is 23.5. The Bertz CT molecular complexity index is 1120. The fraction of sp³-hybridized carbons (Fsp3) is 0.167. The number of halogens is 2. The number of para-hydroxylation sites is 2. The molecule has 3 aromatic rings. The predicted octanol–water partition coefficient (Wildman–Crippen LogP) is 6.44. The third-order valence-electron chi connectivity index (χ3n) is 5.41. The van der Waals surface area contributed by atoms with Crippen LogP contribution in [0, 0.1) is 0 Å². The van der Waals surface area contributed by atoms with Crippen molar-refractivity contribution in [3.8, 4) is 0 Å². The Balaban J connectivity index is 1.75. The van der Waals surface area contributed by atoms with Gasteiger partial charge in [-0.15, -0.1) is 0 Å². The number of nitrogens with one attached hydrogen (secondary N) is 1. The van der Waals surface area contributed by atoms with Gasteiger partial charge in [0.25, 0.3) is 0 Å². The van der Waals surface area contributed by atoms with Crippen molar-refractivity contribution in [2.75, 3.05) is 16.9 Å². The van der Waals surface area contributed by atoms with Crippen molar-refractivity contribution in [1.82, 2.24) is 5.32 Å². The lowest BCUT2D eigenvalue weighted by Gasteiger charge is -2.39. The van der Waals surface area contributed by atoms with Crippen molar-refractivity contribution < 1.29 is 19.4 Å². The Labute approximate surface area is 201 Å². The number of hydrogen-bond donors (Lipinski definition) is 2. The Hall–Kier alpha value is -3.26. The van der Waals surface area contributed by atoms with Gasteiger partial charge in [-0.3, -0.25) is 9.80 Å². The summed E-state index contributed by atoms with van der Waals surface area (Å²) in [5.41, 5.74) is 2.09. The van der Waals surface area contributed by atoms with E-state index in [2.05, 4.69) is 5.32 Å². The minimum absolute atomic E-state index is 0.167. The number of ether oxygens (including phenoxy) is 1. The van der Waals surface area contributed by atoms with Crippen LogP contribution in [0.25, 0.3) is 0 Å². The number of anilines is 3. The van der Waals surface area contributed by atoms with E-state index in [4.69, 9.17) is 27.9 Å². The highest BCUT2D eigenvalue weighted by Gasteiger charge is 2.39. The second kappa shape index (κ2) is 9.70. The van der Waals surface area contributed by atoms with Gasteiger partial charge in [-0.2, -0.15) is 0 Å². The van der Waals surface area contributed by atoms with Crippen molar-refractivity contribution in [3.05, 3.63) is 88.4 Å². The minimum Gasteiger partial charge on any atom is -0.465 e. The van der Waals surface area contributed by atoms with Crippen LogP contribution >= 0.6 is 23.2 Å². The van der Waals surface area contributed by atoms with Crippen molar-refractivity contribution >= 4 is 52.4 Å². The van der Waals surface area contributed by atoms with Gasteiger partial charge in [-0.1, -0.05) is 59.6 Å². The van der Waals surface area contributed by atoms with Gasteiger partial charge in [-0.05, 0) is 36.4 Å². The summed E-state index contributed by atoms with van der Waals surface area (Å²) in [6.45, 7) is 0. The molecule has 33 heavy (non-hydrogen) atoms. The fourth-order valence-corrected chi connectivity index (χ4v) is 4.62. The summed E-state index contributed by atoms with van der Waals surface area (Å²) in [6, 6.07) is 20.5. The van der Waals surface area contributed by atoms with Gasteiger partial charge in [0.2, 0.25) is 0 Å². The molecule has 4 rings (SSSR count). The maximum absolute atomic E-state index is 13.6. The molecule has 2 N–H and O–H groups in total. The number of fused-ring (bicyclic) bond motifs is 1. The van der Waals surface area contributed by atoms with Crippen LogP contribution in [0.5, 0.6) is 0 Å². The summed E-state index contributed by atoms with van der Waals surface area (Å²) in [5, 5.41) is 13.3. The molecule has 0 unspecified atom stereocenters. The first-order chi connectivity index (χ1) is 15.9. The van der Waals surface area contributed by atoms with Gasteiger partial charge >= 0.3 is 12.1 Å². The molecule has 0 saturated carbocycles. The summed E-state index contributed by atoms with van der Waals surface area (Å²) in [4.78, 5) is 28.2. The Kier molecular flexibility index (Phi) is 6.74. The highest BCUT2D eigenvalue weighted by Crippen LogP contribution is 2.43. The summed E-state index contributed by atoms with van der Waals surface area (Å²) < 4.78 is 5.44. The molecule has 0 aliphatic carbocycles. The molecule has 0 aromatic heterocycles. The topological polar surface area (TPSA) is 82.1 Å². The van der Waals surface area contributed by atoms with E-state index in [1.54, 1.807) is 4.90 Å². The van der Waals surface area contributed by atoms with E-state index in [9.17, 15) is 14.7 Å². The van der Waals surface area contributed by atoms with Crippen LogP contribution in [0.4, 0.5) is 26.7 Å². The number of hydrogen-bond acceptors (Lipinski definition) is 3. The molecule has 0 fully saturated rings. The van der Waals surface area contributed by atoms with Crippen LogP contribution in [0.3, 0.4) is 0 Å². The Morgan fingerprint density at radius 3 is 2.12 bits per heavy atom. The minimum atomic E-state index is -1.21. The van der Waals surface area contributed by atoms with Crippen molar-refractivity contribution in [2.24, 2.45) is 0 Å². The van der Waals surface area contributed by atoms with Gasteiger partial charge in [0.15, 0.2) is 0 Å². The molecule has 3 aromatic carbocycles. The fourth-order valence-electron chi connectivity index (χ4n) is 4.01. The second-order valence-corrected chi connectivity index (χ2v) is 8.25. The standard InChI is InChI=1S/C24H21Cl2N3O4/c1-33-21-14-19(22-18(26)12-15(25)13-20(22)29(21)24(31)32)27-23(30)28(16-8-4-2-5-9-16)17-10-6-3-7-11-17/h2-13,19,21H,14H2,1H3,(H,27,30)(H,31,32)/t19-,21-/m0/s1. The quantitative estimate of drug-likeness (QED) is 0.445. The van der Waals surface area contributed by atoms with Crippen molar-refractivity contribution in [3.63, 3.8) is 0 Å². The smallest absolute Gasteiger partial charge is 0.413 e. The van der Waals surface area contributed by atoms with E-state index < -0.39 is 24.4 Å². The van der Waals surface area contributed by atoms with E-state index in [1.807, 2.05) is 60.7 Å². The molecular weight excluding hydrogens is 465 g/mol. The van der Waals surface area contributed by atoms with E-state index >= 15 is 0 Å². The zero-order valence-electron chi connectivity index (χ0n) is 17.6. The van der Waals surface area contributed by atoms with E-state index in [-0.39, 0.29) is 22.2 Å². The summed E-state index contributed by atoms with van der Waals surface area (Å²) >= 11 is 12.7. The lowest BCUT2D eigenvalue weighted by atomic mass is 9.95. The number of benzene rings is 3. The zero-order valence-corrected chi connectivity index (χ0v) is 19.1. The molecule has 1 aliphatic heterocycles. The average molecular weight is 486 g/mol. The molecule has 0 saturated heterocycles. The number of carbonyl (C=O) groups excluding carboxylic acids is 1. The lowest BCUT2D eigenvalue weighted by Crippen LogP contribution is -2.49. The van der Waals surface area contributed by atoms with Crippen LogP contribution in [0.1, 0.15) is 18.0 Å². The van der Waals surface area contributed by atoms with Crippen LogP contribution < -0.4 is 15.1 Å². The molecule has 0 bridgehead atoms. The monoisotopic (exact) mass is 485 g/mol. The Morgan fingerprint density at radius 1 is 1.03 bits per heavy atom. The molecule has 7 nitrogen and oxygen atoms in total. The number of rotatable bonds is 4. The van der Waals surface area contributed by atoms with Gasteiger partial charge in [0.05, 0.1) is 23.1 Å². The normalized spacial score (nSPS) is 17.2. The lowest BCUT2D eigenvalue weighted by molar-refractivity contribution is 0.0754. The van der Waals surface area contributed by atoms with E-state index in [0.29, 0.717) is 16.9 Å². The highest BCUT2D eigenvalue weighted by molar-refractivity contribution is 6.36. The highest BCUT2D eigenvalue weighted by atomic mass is 35.5.